The average molecular weight is 350 g/mol. The monoisotopic (exact) mass is 350 g/mol. The molecule has 0 radical (unpaired) electrons. The summed E-state index contributed by atoms with van der Waals surface area (Å²) in [4.78, 5) is 19.0. The van der Waals surface area contributed by atoms with Crippen LogP contribution in [0.1, 0.15) is 16.2 Å². The Labute approximate surface area is 139 Å². The largest absolute Gasteiger partial charge is 0.379 e. The number of nitrogens with zero attached hydrogens (tertiary/aromatic N) is 2. The Kier molecular flexibility index (Phi) is 4.93. The van der Waals surface area contributed by atoms with E-state index in [4.69, 9.17) is 4.74 Å². The van der Waals surface area contributed by atoms with Gasteiger partial charge in [0, 0.05) is 25.5 Å². The summed E-state index contributed by atoms with van der Waals surface area (Å²) in [5.41, 5.74) is 0.913. The van der Waals surface area contributed by atoms with E-state index in [0.29, 0.717) is 26.3 Å². The number of ether oxygens (including phenoxy) is 1. The maximum absolute atomic E-state index is 12.5. The Hall–Kier alpha value is -2.23. The van der Waals surface area contributed by atoms with Gasteiger partial charge < -0.3 is 15.0 Å². The zero-order chi connectivity index (χ0) is 17.0. The van der Waals surface area contributed by atoms with Gasteiger partial charge in [-0.25, -0.2) is 8.42 Å². The molecule has 2 aromatic rings. The van der Waals surface area contributed by atoms with Crippen molar-refractivity contribution in [3.05, 3.63) is 48.0 Å². The third-order valence-electron chi connectivity index (χ3n) is 3.67. The Morgan fingerprint density at radius 2 is 2.12 bits per heavy atom. The summed E-state index contributed by atoms with van der Waals surface area (Å²) in [6.07, 6.45) is 2.98. The molecule has 0 spiro atoms. The SMILES string of the molecule is O=C(NCc1ccccn1)c1cc(S(=O)(=O)N2CCOCC2)c[nH]1. The number of sulfonamides is 1. The number of carbonyl (C=O) groups excluding carboxylic acids is 1. The van der Waals surface area contributed by atoms with Gasteiger partial charge in [-0.05, 0) is 18.2 Å². The molecule has 2 N–H and O–H groups in total. The van der Waals surface area contributed by atoms with E-state index in [9.17, 15) is 13.2 Å². The first-order chi connectivity index (χ1) is 11.6. The molecule has 0 aliphatic carbocycles. The van der Waals surface area contributed by atoms with Crippen LogP contribution in [0.25, 0.3) is 0 Å². The fraction of sp³-hybridized carbons (Fsp3) is 0.333. The van der Waals surface area contributed by atoms with E-state index in [1.807, 2.05) is 6.07 Å². The molecule has 0 saturated carbocycles. The minimum Gasteiger partial charge on any atom is -0.379 e. The molecule has 24 heavy (non-hydrogen) atoms. The highest BCUT2D eigenvalue weighted by molar-refractivity contribution is 7.89. The molecule has 0 bridgehead atoms. The molecule has 1 saturated heterocycles. The lowest BCUT2D eigenvalue weighted by Gasteiger charge is -2.25. The summed E-state index contributed by atoms with van der Waals surface area (Å²) in [6.45, 7) is 1.65. The van der Waals surface area contributed by atoms with Gasteiger partial charge in [0.25, 0.3) is 5.91 Å². The van der Waals surface area contributed by atoms with Gasteiger partial charge in [0.1, 0.15) is 10.6 Å². The van der Waals surface area contributed by atoms with Crippen molar-refractivity contribution in [3.63, 3.8) is 0 Å². The van der Waals surface area contributed by atoms with Gasteiger partial charge in [-0.1, -0.05) is 6.07 Å². The second-order valence-corrected chi connectivity index (χ2v) is 7.21. The Bertz CT molecular complexity index is 798. The van der Waals surface area contributed by atoms with E-state index < -0.39 is 10.0 Å². The van der Waals surface area contributed by atoms with Gasteiger partial charge in [-0.3, -0.25) is 9.78 Å². The molecule has 3 heterocycles. The second-order valence-electron chi connectivity index (χ2n) is 5.27. The summed E-state index contributed by atoms with van der Waals surface area (Å²) < 4.78 is 31.5. The number of morpholine rings is 1. The van der Waals surface area contributed by atoms with E-state index in [-0.39, 0.29) is 23.0 Å². The number of H-pyrrole nitrogens is 1. The van der Waals surface area contributed by atoms with E-state index >= 15 is 0 Å². The van der Waals surface area contributed by atoms with Crippen molar-refractivity contribution in [1.82, 2.24) is 19.6 Å². The van der Waals surface area contributed by atoms with Crippen LogP contribution in [0.15, 0.2) is 41.6 Å². The quantitative estimate of drug-likeness (QED) is 0.810. The van der Waals surface area contributed by atoms with Gasteiger partial charge in [-0.2, -0.15) is 4.31 Å². The molecule has 0 aromatic carbocycles. The van der Waals surface area contributed by atoms with Crippen LogP contribution in [0.3, 0.4) is 0 Å². The van der Waals surface area contributed by atoms with Crippen molar-refractivity contribution in [2.45, 2.75) is 11.4 Å². The number of nitrogens with one attached hydrogen (secondary N) is 2. The van der Waals surface area contributed by atoms with Gasteiger partial charge >= 0.3 is 0 Å². The van der Waals surface area contributed by atoms with E-state index in [1.54, 1.807) is 18.3 Å². The molecule has 1 fully saturated rings. The van der Waals surface area contributed by atoms with Crippen LogP contribution in [-0.2, 0) is 21.3 Å². The third kappa shape index (κ3) is 3.64. The summed E-state index contributed by atoms with van der Waals surface area (Å²) >= 11 is 0. The molecule has 0 unspecified atom stereocenters. The normalized spacial score (nSPS) is 16.0. The lowest BCUT2D eigenvalue weighted by Crippen LogP contribution is -2.40. The molecule has 1 aliphatic heterocycles. The summed E-state index contributed by atoms with van der Waals surface area (Å²) in [6, 6.07) is 6.76. The number of pyridine rings is 1. The maximum atomic E-state index is 12.5. The first-order valence-corrected chi connectivity index (χ1v) is 8.96. The zero-order valence-electron chi connectivity index (χ0n) is 12.9. The van der Waals surface area contributed by atoms with Gasteiger partial charge in [0.05, 0.1) is 25.5 Å². The van der Waals surface area contributed by atoms with Crippen molar-refractivity contribution in [2.75, 3.05) is 26.3 Å². The summed E-state index contributed by atoms with van der Waals surface area (Å²) in [5.74, 6) is -0.385. The maximum Gasteiger partial charge on any atom is 0.268 e. The average Bonchev–Trinajstić information content (AvgIpc) is 3.12. The van der Waals surface area contributed by atoms with Crippen molar-refractivity contribution in [3.8, 4) is 0 Å². The van der Waals surface area contributed by atoms with Gasteiger partial charge in [0.2, 0.25) is 10.0 Å². The fourth-order valence-corrected chi connectivity index (χ4v) is 3.76. The topological polar surface area (TPSA) is 104 Å². The van der Waals surface area contributed by atoms with Crippen molar-refractivity contribution in [1.29, 1.82) is 0 Å². The number of hydrogen-bond acceptors (Lipinski definition) is 5. The highest BCUT2D eigenvalue weighted by Crippen LogP contribution is 2.18. The van der Waals surface area contributed by atoms with Gasteiger partial charge in [0.15, 0.2) is 0 Å². The van der Waals surface area contributed by atoms with Crippen LogP contribution >= 0.6 is 0 Å². The Balaban J connectivity index is 1.67. The predicted molar refractivity (Wildman–Crippen MR) is 85.8 cm³/mol. The van der Waals surface area contributed by atoms with Crippen LogP contribution in [0.4, 0.5) is 0 Å². The second kappa shape index (κ2) is 7.12. The summed E-state index contributed by atoms with van der Waals surface area (Å²) in [5, 5.41) is 2.70. The van der Waals surface area contributed by atoms with Crippen molar-refractivity contribution >= 4 is 15.9 Å². The van der Waals surface area contributed by atoms with E-state index in [1.165, 1.54) is 16.6 Å². The number of amides is 1. The minimum atomic E-state index is -3.61. The fourth-order valence-electron chi connectivity index (χ4n) is 2.36. The van der Waals surface area contributed by atoms with Crippen LogP contribution in [-0.4, -0.2) is 54.9 Å². The Morgan fingerprint density at radius 1 is 1.33 bits per heavy atom. The number of hydrogen-bond donors (Lipinski definition) is 2. The highest BCUT2D eigenvalue weighted by Gasteiger charge is 2.27. The van der Waals surface area contributed by atoms with Crippen LogP contribution in [0.2, 0.25) is 0 Å². The van der Waals surface area contributed by atoms with Crippen LogP contribution in [0.5, 0.6) is 0 Å². The van der Waals surface area contributed by atoms with Crippen molar-refractivity contribution in [2.24, 2.45) is 0 Å². The molecule has 3 rings (SSSR count). The molecule has 2 aromatic heterocycles. The smallest absolute Gasteiger partial charge is 0.268 e. The number of carbonyl (C=O) groups is 1. The first kappa shape index (κ1) is 16.6. The predicted octanol–water partition coefficient (Wildman–Crippen LogP) is 0.361. The van der Waals surface area contributed by atoms with Gasteiger partial charge in [-0.15, -0.1) is 0 Å². The van der Waals surface area contributed by atoms with Crippen LogP contribution in [0, 0.1) is 0 Å². The van der Waals surface area contributed by atoms with Crippen LogP contribution < -0.4 is 5.32 Å². The standard InChI is InChI=1S/C15H18N4O4S/c20-15(18-10-12-3-1-2-4-16-12)14-9-13(11-17-14)24(21,22)19-5-7-23-8-6-19/h1-4,9,11,17H,5-8,10H2,(H,18,20). The molecular formula is C15H18N4O4S. The molecular weight excluding hydrogens is 332 g/mol. The lowest BCUT2D eigenvalue weighted by molar-refractivity contribution is 0.0730. The highest BCUT2D eigenvalue weighted by atomic mass is 32.2. The first-order valence-electron chi connectivity index (χ1n) is 7.52. The molecule has 9 heteroatoms. The zero-order valence-corrected chi connectivity index (χ0v) is 13.8. The molecule has 1 aliphatic rings. The number of aromatic nitrogens is 2. The molecule has 1 amide bonds. The number of rotatable bonds is 5. The summed E-state index contributed by atoms with van der Waals surface area (Å²) in [7, 11) is -3.61. The molecule has 0 atom stereocenters. The number of aromatic amines is 1. The van der Waals surface area contributed by atoms with E-state index in [2.05, 4.69) is 15.3 Å². The van der Waals surface area contributed by atoms with Crippen molar-refractivity contribution < 1.29 is 17.9 Å². The molecule has 8 nitrogen and oxygen atoms in total. The molecule has 128 valence electrons. The minimum absolute atomic E-state index is 0.0763. The Morgan fingerprint density at radius 3 is 2.83 bits per heavy atom. The lowest BCUT2D eigenvalue weighted by atomic mass is 10.3. The van der Waals surface area contributed by atoms with E-state index in [0.717, 1.165) is 5.69 Å². The third-order valence-corrected chi connectivity index (χ3v) is 5.54.